The van der Waals surface area contributed by atoms with Crippen molar-refractivity contribution in [2.45, 2.75) is 52.4 Å². The Morgan fingerprint density at radius 2 is 2.05 bits per heavy atom. The Morgan fingerprint density at radius 1 is 1.41 bits per heavy atom. The van der Waals surface area contributed by atoms with E-state index in [2.05, 4.69) is 11.6 Å². The number of rotatable bonds is 5. The maximum absolute atomic E-state index is 13.5. The highest BCUT2D eigenvalue weighted by Gasteiger charge is 2.37. The lowest BCUT2D eigenvalue weighted by molar-refractivity contribution is -0.0577. The van der Waals surface area contributed by atoms with Crippen molar-refractivity contribution in [1.82, 2.24) is 0 Å². The maximum atomic E-state index is 13.5. The Hall–Kier alpha value is -0.960. The zero-order valence-electron chi connectivity index (χ0n) is 13.9. The quantitative estimate of drug-likeness (QED) is 0.423. The molecule has 0 amide bonds. The first-order chi connectivity index (χ1) is 10.2. The lowest BCUT2D eigenvalue weighted by Crippen LogP contribution is -2.28. The van der Waals surface area contributed by atoms with Crippen LogP contribution in [-0.4, -0.2) is 18.7 Å². The molecule has 1 rings (SSSR count). The second kappa shape index (κ2) is 8.05. The highest BCUT2D eigenvalue weighted by molar-refractivity contribution is 6.34. The van der Waals surface area contributed by atoms with Crippen molar-refractivity contribution >= 4 is 17.3 Å². The number of aliphatic imine (C=N–C) groups is 1. The monoisotopic (exact) mass is 329 g/mol. The molecule has 124 valence electrons. The van der Waals surface area contributed by atoms with Crippen LogP contribution < -0.4 is 0 Å². The molecule has 0 heterocycles. The Bertz CT molecular complexity index is 503. The van der Waals surface area contributed by atoms with E-state index in [1.807, 2.05) is 32.9 Å². The van der Waals surface area contributed by atoms with E-state index < -0.39 is 5.92 Å². The molecule has 2 unspecified atom stereocenters. The summed E-state index contributed by atoms with van der Waals surface area (Å²) in [6, 6.07) is 0. The molecular weight excluding hydrogens is 304 g/mol. The van der Waals surface area contributed by atoms with Crippen LogP contribution in [-0.2, 0) is 0 Å². The van der Waals surface area contributed by atoms with E-state index in [1.165, 1.54) is 0 Å². The van der Waals surface area contributed by atoms with Gasteiger partial charge in [0.2, 0.25) is 5.92 Å². The molecule has 0 radical (unpaired) electrons. The van der Waals surface area contributed by atoms with Gasteiger partial charge < -0.3 is 0 Å². The van der Waals surface area contributed by atoms with Gasteiger partial charge in [0.05, 0.1) is 5.03 Å². The summed E-state index contributed by atoms with van der Waals surface area (Å²) in [6.07, 6.45) is 5.33. The highest BCUT2D eigenvalue weighted by atomic mass is 35.5. The van der Waals surface area contributed by atoms with Crippen LogP contribution in [0.25, 0.3) is 0 Å². The van der Waals surface area contributed by atoms with E-state index >= 15 is 0 Å². The molecule has 22 heavy (non-hydrogen) atoms. The van der Waals surface area contributed by atoms with Gasteiger partial charge in [-0.1, -0.05) is 37.3 Å². The molecule has 0 saturated heterocycles. The summed E-state index contributed by atoms with van der Waals surface area (Å²) in [6.45, 7) is 9.56. The summed E-state index contributed by atoms with van der Waals surface area (Å²) in [4.78, 5) is 4.17. The fraction of sp³-hybridized carbons (Fsp3) is 0.611. The first kappa shape index (κ1) is 19.1. The molecular formula is C18H26ClF2N. The number of hydrogen-bond donors (Lipinski definition) is 0. The molecule has 0 aromatic carbocycles. The molecule has 1 saturated carbocycles. The predicted octanol–water partition coefficient (Wildman–Crippen LogP) is 6.16. The molecule has 1 aliphatic rings. The lowest BCUT2D eigenvalue weighted by Gasteiger charge is -2.31. The van der Waals surface area contributed by atoms with Gasteiger partial charge in [-0.05, 0) is 44.1 Å². The third kappa shape index (κ3) is 5.35. The molecule has 1 aliphatic carbocycles. The van der Waals surface area contributed by atoms with E-state index in [1.54, 1.807) is 7.05 Å². The normalized spacial score (nSPS) is 25.0. The zero-order valence-corrected chi connectivity index (χ0v) is 14.7. The van der Waals surface area contributed by atoms with Crippen LogP contribution in [0.5, 0.6) is 0 Å². The fourth-order valence-electron chi connectivity index (χ4n) is 2.77. The third-order valence-electron chi connectivity index (χ3n) is 4.32. The molecule has 0 N–H and O–H groups in total. The van der Waals surface area contributed by atoms with Crippen LogP contribution in [0.15, 0.2) is 39.9 Å². The zero-order chi connectivity index (χ0) is 16.9. The Balaban J connectivity index is 2.92. The topological polar surface area (TPSA) is 12.4 Å². The van der Waals surface area contributed by atoms with Crippen molar-refractivity contribution in [2.24, 2.45) is 16.8 Å². The van der Waals surface area contributed by atoms with Gasteiger partial charge >= 0.3 is 0 Å². The average Bonchev–Trinajstić information content (AvgIpc) is 2.45. The van der Waals surface area contributed by atoms with Crippen LogP contribution in [0.2, 0.25) is 0 Å². The summed E-state index contributed by atoms with van der Waals surface area (Å²) in [5, 5.41) is 0.570. The largest absolute Gasteiger partial charge is 0.293 e. The van der Waals surface area contributed by atoms with E-state index in [4.69, 9.17) is 11.6 Å². The van der Waals surface area contributed by atoms with E-state index in [0.29, 0.717) is 11.5 Å². The van der Waals surface area contributed by atoms with Gasteiger partial charge in [-0.25, -0.2) is 8.78 Å². The minimum Gasteiger partial charge on any atom is -0.293 e. The number of alkyl halides is 2. The number of hydrogen-bond acceptors (Lipinski definition) is 1. The van der Waals surface area contributed by atoms with E-state index in [9.17, 15) is 8.78 Å². The standard InChI is InChI=1S/C18H26ClF2N/c1-12(2)17(19)16(14(4)22-5)9-8-13(3)15-7-6-10-18(20,21)11-15/h8-9,13,15H,1,6-7,10-11H2,2-5H3/b9-8-,17-16+,22-14?. The Labute approximate surface area is 137 Å². The van der Waals surface area contributed by atoms with Crippen LogP contribution in [0.1, 0.15) is 46.5 Å². The maximum Gasteiger partial charge on any atom is 0.248 e. The SMILES string of the molecule is C=C(C)/C(Cl)=C(/C=C\C(C)C1CCCC(F)(F)C1)C(C)=NC. The Morgan fingerprint density at radius 3 is 2.55 bits per heavy atom. The third-order valence-corrected chi connectivity index (χ3v) is 4.85. The summed E-state index contributed by atoms with van der Waals surface area (Å²) < 4.78 is 27.1. The first-order valence-electron chi connectivity index (χ1n) is 7.73. The second-order valence-electron chi connectivity index (χ2n) is 6.25. The van der Waals surface area contributed by atoms with Crippen molar-refractivity contribution < 1.29 is 8.78 Å². The van der Waals surface area contributed by atoms with Gasteiger partial charge in [-0.15, -0.1) is 0 Å². The van der Waals surface area contributed by atoms with Crippen LogP contribution in [0, 0.1) is 11.8 Å². The molecule has 0 aromatic heterocycles. The van der Waals surface area contributed by atoms with Gasteiger partial charge in [0.15, 0.2) is 0 Å². The molecule has 4 heteroatoms. The van der Waals surface area contributed by atoms with E-state index in [-0.39, 0.29) is 24.7 Å². The molecule has 1 nitrogen and oxygen atoms in total. The van der Waals surface area contributed by atoms with Gasteiger partial charge in [0.25, 0.3) is 0 Å². The van der Waals surface area contributed by atoms with E-state index in [0.717, 1.165) is 23.3 Å². The molecule has 2 atom stereocenters. The second-order valence-corrected chi connectivity index (χ2v) is 6.63. The minimum absolute atomic E-state index is 0.0173. The van der Waals surface area contributed by atoms with Crippen molar-refractivity contribution in [3.63, 3.8) is 0 Å². The van der Waals surface area contributed by atoms with Crippen LogP contribution in [0.4, 0.5) is 8.78 Å². The van der Waals surface area contributed by atoms with Crippen LogP contribution >= 0.6 is 11.6 Å². The molecule has 0 aromatic rings. The average molecular weight is 330 g/mol. The van der Waals surface area contributed by atoms with Crippen LogP contribution in [0.3, 0.4) is 0 Å². The van der Waals surface area contributed by atoms with Crippen molar-refractivity contribution in [3.8, 4) is 0 Å². The predicted molar refractivity (Wildman–Crippen MR) is 91.9 cm³/mol. The molecule has 1 fully saturated rings. The fourth-order valence-corrected chi connectivity index (χ4v) is 2.97. The molecule has 0 spiro atoms. The summed E-state index contributed by atoms with van der Waals surface area (Å²) in [5.41, 5.74) is 2.39. The van der Waals surface area contributed by atoms with Gasteiger partial charge in [0, 0.05) is 31.2 Å². The van der Waals surface area contributed by atoms with Gasteiger partial charge in [-0.2, -0.15) is 0 Å². The van der Waals surface area contributed by atoms with Gasteiger partial charge in [0.1, 0.15) is 0 Å². The van der Waals surface area contributed by atoms with Gasteiger partial charge in [-0.3, -0.25) is 4.99 Å². The summed E-state index contributed by atoms with van der Waals surface area (Å²) in [5.74, 6) is -2.41. The number of nitrogens with zero attached hydrogens (tertiary/aromatic N) is 1. The first-order valence-corrected chi connectivity index (χ1v) is 8.11. The summed E-state index contributed by atoms with van der Waals surface area (Å²) >= 11 is 6.30. The molecule has 0 aliphatic heterocycles. The number of allylic oxidation sites excluding steroid dienone is 5. The molecule has 0 bridgehead atoms. The minimum atomic E-state index is -2.51. The smallest absolute Gasteiger partial charge is 0.248 e. The lowest BCUT2D eigenvalue weighted by atomic mass is 9.79. The number of halogens is 3. The Kier molecular flexibility index (Phi) is 6.98. The van der Waals surface area contributed by atoms with Crippen molar-refractivity contribution in [2.75, 3.05) is 7.05 Å². The van der Waals surface area contributed by atoms with Crippen molar-refractivity contribution in [3.05, 3.63) is 34.9 Å². The summed E-state index contributed by atoms with van der Waals surface area (Å²) in [7, 11) is 1.71. The van der Waals surface area contributed by atoms with Crippen molar-refractivity contribution in [1.29, 1.82) is 0 Å². The highest BCUT2D eigenvalue weighted by Crippen LogP contribution is 2.40.